The predicted molar refractivity (Wildman–Crippen MR) is 271 cm³/mol. The molecule has 0 aromatic rings. The fourth-order valence-corrected chi connectivity index (χ4v) is 6.94. The average molecular weight is 968 g/mol. The minimum atomic E-state index is -0.598. The maximum Gasteiger partial charge on any atom is 0.236 e. The lowest BCUT2D eigenvalue weighted by Gasteiger charge is -2.34. The van der Waals surface area contributed by atoms with Crippen molar-refractivity contribution in [2.45, 2.75) is 107 Å². The van der Waals surface area contributed by atoms with E-state index in [4.69, 9.17) is 63.1 Å². The lowest BCUT2D eigenvalue weighted by atomic mass is 10.1. The van der Waals surface area contributed by atoms with Crippen LogP contribution in [-0.2, 0) is 19.2 Å². The summed E-state index contributed by atoms with van der Waals surface area (Å²) in [5.74, 6) is 0.00386. The molecule has 0 aromatic heterocycles. The van der Waals surface area contributed by atoms with Crippen molar-refractivity contribution in [1.29, 1.82) is 0 Å². The summed E-state index contributed by atoms with van der Waals surface area (Å²) in [4.78, 5) is 68.9. The van der Waals surface area contributed by atoms with Crippen LogP contribution in [0.15, 0.2) is 20.0 Å². The number of amides is 4. The van der Waals surface area contributed by atoms with Gasteiger partial charge in [0.05, 0.1) is 30.0 Å². The predicted octanol–water partition coefficient (Wildman–Crippen LogP) is -7.61. The molecular formula is C41H89N23O4. The van der Waals surface area contributed by atoms with E-state index in [0.717, 1.165) is 52.1 Å². The molecule has 68 heavy (non-hydrogen) atoms. The zero-order valence-corrected chi connectivity index (χ0v) is 40.5. The standard InChI is InChI=1S/C22H48N12O2.C19H41N11O2/c23-17(5-1-7-31-21(25)26)19(35)29-9-3-11-33-13-15-34(16-14-33)12-4-10-30-20(36)18(24)6-2-8-32-22(27)28;1-12(20)25-6-2-4-15(21)17(31)29-10-13-8-28-14(9-27-13)11-30-18(32)16(22)5-3-7-26-19(23)24/h17-18H,1-16,23-24H2,(H,29,35)(H,30,36)(H4,25,26,31)(H4,27,28,32);13-16,27-28H,2-11,21-22H2,1H3,(H2,20,25)(H,29,31)(H,30,32)(H4,23,24,26)/t17-,18-;13-,14-,15+,16+/m01/s1. The number of piperazine rings is 2. The Morgan fingerprint density at radius 3 is 1.06 bits per heavy atom. The molecule has 392 valence electrons. The summed E-state index contributed by atoms with van der Waals surface area (Å²) in [5, 5.41) is 18.3. The summed E-state index contributed by atoms with van der Waals surface area (Å²) < 4.78 is 0. The van der Waals surface area contributed by atoms with E-state index in [9.17, 15) is 19.2 Å². The van der Waals surface area contributed by atoms with Gasteiger partial charge in [-0.15, -0.1) is 0 Å². The van der Waals surface area contributed by atoms with Crippen molar-refractivity contribution >= 4 is 47.3 Å². The number of nitrogens with one attached hydrogen (secondary N) is 6. The Balaban J connectivity index is 0.000000685. The van der Waals surface area contributed by atoms with Crippen molar-refractivity contribution < 1.29 is 19.2 Å². The van der Waals surface area contributed by atoms with E-state index in [2.05, 4.69) is 61.7 Å². The molecule has 0 saturated carbocycles. The zero-order valence-electron chi connectivity index (χ0n) is 40.5. The first-order valence-corrected chi connectivity index (χ1v) is 23.8. The van der Waals surface area contributed by atoms with E-state index in [1.807, 2.05) is 0 Å². The number of nitrogens with zero attached hydrogens (tertiary/aromatic N) is 6. The molecule has 6 atom stereocenters. The largest absolute Gasteiger partial charge is 0.388 e. The van der Waals surface area contributed by atoms with Gasteiger partial charge in [-0.05, 0) is 84.2 Å². The topological polar surface area (TPSA) is 483 Å². The Kier molecular flexibility index (Phi) is 33.0. The van der Waals surface area contributed by atoms with Crippen LogP contribution in [0.3, 0.4) is 0 Å². The van der Waals surface area contributed by atoms with Gasteiger partial charge in [0.15, 0.2) is 17.9 Å². The summed E-state index contributed by atoms with van der Waals surface area (Å²) in [5.41, 5.74) is 60.7. The second-order valence-corrected chi connectivity index (χ2v) is 17.1. The normalized spacial score (nSPS) is 18.3. The van der Waals surface area contributed by atoms with Gasteiger partial charge in [0, 0.05) is 104 Å². The molecule has 0 bridgehead atoms. The first-order chi connectivity index (χ1) is 32.4. The highest BCUT2D eigenvalue weighted by atomic mass is 16.2. The number of carbonyl (C=O) groups is 4. The molecule has 2 saturated heterocycles. The Morgan fingerprint density at radius 2 is 0.779 bits per heavy atom. The van der Waals surface area contributed by atoms with Crippen LogP contribution in [0.25, 0.3) is 0 Å². The van der Waals surface area contributed by atoms with Gasteiger partial charge in [-0.1, -0.05) is 0 Å². The molecule has 0 aliphatic carbocycles. The molecule has 0 aromatic carbocycles. The highest BCUT2D eigenvalue weighted by molar-refractivity contribution is 5.83. The van der Waals surface area contributed by atoms with Gasteiger partial charge in [-0.2, -0.15) is 0 Å². The summed E-state index contributed by atoms with van der Waals surface area (Å²) in [6.07, 6.45) is 6.57. The molecule has 2 fully saturated rings. The number of guanidine groups is 3. The molecule has 2 rings (SSSR count). The summed E-state index contributed by atoms with van der Waals surface area (Å²) in [6, 6.07) is -2.09. The summed E-state index contributed by atoms with van der Waals surface area (Å²) in [7, 11) is 0. The second kappa shape index (κ2) is 36.8. The number of hydrogen-bond donors (Lipinski definition) is 17. The first-order valence-electron chi connectivity index (χ1n) is 23.8. The molecule has 2 aliphatic heterocycles. The molecule has 0 unspecified atom stereocenters. The summed E-state index contributed by atoms with van der Waals surface area (Å²) in [6.45, 7) is 13.0. The molecule has 0 radical (unpaired) electrons. The average Bonchev–Trinajstić information content (AvgIpc) is 3.30. The zero-order chi connectivity index (χ0) is 50.7. The van der Waals surface area contributed by atoms with Gasteiger partial charge in [-0.3, -0.25) is 39.1 Å². The van der Waals surface area contributed by atoms with Crippen molar-refractivity contribution in [2.75, 3.05) is 105 Å². The second-order valence-electron chi connectivity index (χ2n) is 17.1. The maximum absolute atomic E-state index is 12.1. The Morgan fingerprint density at radius 1 is 0.485 bits per heavy atom. The number of carbonyl (C=O) groups excluding carboxylic acids is 4. The first kappa shape index (κ1) is 60.9. The number of aliphatic imine (C=N–C) groups is 4. The van der Waals surface area contributed by atoms with Crippen molar-refractivity contribution in [3.05, 3.63) is 0 Å². The smallest absolute Gasteiger partial charge is 0.236 e. The third kappa shape index (κ3) is 31.7. The fraction of sp³-hybridized carbons (Fsp3) is 0.805. The van der Waals surface area contributed by atoms with Crippen LogP contribution in [0.1, 0.15) is 71.1 Å². The van der Waals surface area contributed by atoms with E-state index < -0.39 is 24.2 Å². The molecule has 2 aliphatic rings. The van der Waals surface area contributed by atoms with Crippen molar-refractivity contribution in [1.82, 2.24) is 41.7 Å². The quantitative estimate of drug-likeness (QED) is 0.0169. The third-order valence-corrected chi connectivity index (χ3v) is 11.0. The maximum atomic E-state index is 12.1. The minimum absolute atomic E-state index is 0.0308. The van der Waals surface area contributed by atoms with Crippen molar-refractivity contribution in [2.24, 2.45) is 83.0 Å². The fourth-order valence-electron chi connectivity index (χ4n) is 6.94. The van der Waals surface area contributed by atoms with E-state index in [1.54, 1.807) is 6.92 Å². The van der Waals surface area contributed by atoms with Gasteiger partial charge in [0.2, 0.25) is 23.6 Å². The van der Waals surface area contributed by atoms with Gasteiger partial charge in [-0.25, -0.2) is 0 Å². The SMILES string of the molecule is CC(N)=NCCC[C@H](N)C(=O)NC[C@H]1CN[C@@H](CNC(=O)[C@@H](N)CCCN=C(N)N)CN1.NC(N)=NCCC[C@H](N)C(=O)NCCCN1CCN(CCCNC(=O)[C@@H](N)CCCN=C(N)N)CC1. The van der Waals surface area contributed by atoms with Crippen LogP contribution in [0.4, 0.5) is 0 Å². The van der Waals surface area contributed by atoms with Crippen molar-refractivity contribution in [3.8, 4) is 0 Å². The highest BCUT2D eigenvalue weighted by Gasteiger charge is 2.23. The molecule has 0 spiro atoms. The van der Waals surface area contributed by atoms with E-state index in [-0.39, 0.29) is 53.6 Å². The molecule has 28 N–H and O–H groups in total. The van der Waals surface area contributed by atoms with Gasteiger partial charge < -0.3 is 105 Å². The number of rotatable bonds is 32. The van der Waals surface area contributed by atoms with E-state index >= 15 is 0 Å². The molecular weight excluding hydrogens is 879 g/mol. The minimum Gasteiger partial charge on any atom is -0.388 e. The van der Waals surface area contributed by atoms with Crippen LogP contribution in [0.5, 0.6) is 0 Å². The van der Waals surface area contributed by atoms with Crippen LogP contribution in [0, 0.1) is 0 Å². The Hall–Kier alpha value is -5.16. The molecule has 2 heterocycles. The van der Waals surface area contributed by atoms with Gasteiger partial charge >= 0.3 is 0 Å². The number of amidine groups is 1. The monoisotopic (exact) mass is 968 g/mol. The number of hydrogen-bond acceptors (Lipinski definition) is 16. The van der Waals surface area contributed by atoms with Crippen LogP contribution in [0.2, 0.25) is 0 Å². The van der Waals surface area contributed by atoms with Gasteiger partial charge in [0.25, 0.3) is 0 Å². The Bertz CT molecular complexity index is 1420. The number of nitrogens with two attached hydrogens (primary N) is 11. The van der Waals surface area contributed by atoms with Crippen molar-refractivity contribution in [3.63, 3.8) is 0 Å². The van der Waals surface area contributed by atoms with E-state index in [0.29, 0.717) is 123 Å². The van der Waals surface area contributed by atoms with Crippen LogP contribution >= 0.6 is 0 Å². The Labute approximate surface area is 402 Å². The van der Waals surface area contributed by atoms with E-state index in [1.165, 1.54) is 0 Å². The molecule has 27 nitrogen and oxygen atoms in total. The lowest BCUT2D eigenvalue weighted by Crippen LogP contribution is -2.61. The molecule has 4 amide bonds. The lowest BCUT2D eigenvalue weighted by molar-refractivity contribution is -0.123. The molecule has 27 heteroatoms. The van der Waals surface area contributed by atoms with Crippen LogP contribution in [-0.4, -0.2) is 198 Å². The highest BCUT2D eigenvalue weighted by Crippen LogP contribution is 2.04. The van der Waals surface area contributed by atoms with Gasteiger partial charge in [0.1, 0.15) is 0 Å². The summed E-state index contributed by atoms with van der Waals surface area (Å²) >= 11 is 0. The third-order valence-electron chi connectivity index (χ3n) is 11.0. The van der Waals surface area contributed by atoms with Crippen LogP contribution < -0.4 is 95.0 Å².